The Kier molecular flexibility index (Phi) is 4.62. The van der Waals surface area contributed by atoms with Gasteiger partial charge in [0.25, 0.3) is 5.22 Å². The Morgan fingerprint density at radius 1 is 1.03 bits per heavy atom. The van der Waals surface area contributed by atoms with Gasteiger partial charge in [-0.15, -0.1) is 10.2 Å². The third-order valence-electron chi connectivity index (χ3n) is 4.52. The van der Waals surface area contributed by atoms with Crippen LogP contribution >= 0.6 is 11.8 Å². The van der Waals surface area contributed by atoms with Crippen LogP contribution in [0.25, 0.3) is 22.8 Å². The second kappa shape index (κ2) is 7.45. The van der Waals surface area contributed by atoms with Crippen molar-refractivity contribution in [3.05, 3.63) is 53.7 Å². The minimum Gasteiger partial charge on any atom is -0.454 e. The van der Waals surface area contributed by atoms with Gasteiger partial charge in [-0.25, -0.2) is 4.39 Å². The summed E-state index contributed by atoms with van der Waals surface area (Å²) in [7, 11) is 0. The molecule has 0 aliphatic carbocycles. The van der Waals surface area contributed by atoms with Crippen molar-refractivity contribution in [2.45, 2.75) is 24.3 Å². The van der Waals surface area contributed by atoms with Crippen LogP contribution < -0.4 is 9.47 Å². The quantitative estimate of drug-likeness (QED) is 0.416. The number of halogens is 1. The summed E-state index contributed by atoms with van der Waals surface area (Å²) in [6.45, 7) is 3.77. The molecule has 152 valence electrons. The van der Waals surface area contributed by atoms with Crippen LogP contribution in [0.4, 0.5) is 4.39 Å². The summed E-state index contributed by atoms with van der Waals surface area (Å²) in [6, 6.07) is 10.2. The predicted octanol–water partition coefficient (Wildman–Crippen LogP) is 4.82. The van der Waals surface area contributed by atoms with Gasteiger partial charge in [0, 0.05) is 11.1 Å². The minimum atomic E-state index is -0.316. The van der Waals surface area contributed by atoms with Crippen molar-refractivity contribution >= 4 is 11.8 Å². The highest BCUT2D eigenvalue weighted by Crippen LogP contribution is 2.38. The molecule has 1 unspecified atom stereocenters. The molecule has 8 nitrogen and oxygen atoms in total. The molecule has 1 atom stereocenters. The van der Waals surface area contributed by atoms with Crippen LogP contribution in [0.5, 0.6) is 11.5 Å². The molecule has 5 rings (SSSR count). The smallest absolute Gasteiger partial charge is 0.277 e. The van der Waals surface area contributed by atoms with Crippen LogP contribution in [0, 0.1) is 12.7 Å². The molecule has 0 fully saturated rings. The first kappa shape index (κ1) is 18.6. The Hall–Kier alpha value is -3.40. The zero-order valence-electron chi connectivity index (χ0n) is 16.0. The van der Waals surface area contributed by atoms with Crippen molar-refractivity contribution in [1.82, 2.24) is 20.3 Å². The predicted molar refractivity (Wildman–Crippen MR) is 105 cm³/mol. The van der Waals surface area contributed by atoms with E-state index >= 15 is 0 Å². The zero-order chi connectivity index (χ0) is 20.7. The van der Waals surface area contributed by atoms with Crippen molar-refractivity contribution in [3.8, 4) is 34.3 Å². The molecule has 10 heteroatoms. The monoisotopic (exact) mass is 426 g/mol. The van der Waals surface area contributed by atoms with E-state index in [-0.39, 0.29) is 17.9 Å². The van der Waals surface area contributed by atoms with E-state index in [9.17, 15) is 4.39 Å². The Labute approximate surface area is 174 Å². The fourth-order valence-corrected chi connectivity index (χ4v) is 3.57. The number of aromatic nitrogens is 4. The fraction of sp³-hybridized carbons (Fsp3) is 0.200. The summed E-state index contributed by atoms with van der Waals surface area (Å²) in [5, 5.41) is 12.2. The third-order valence-corrected chi connectivity index (χ3v) is 5.44. The van der Waals surface area contributed by atoms with Crippen molar-refractivity contribution in [3.63, 3.8) is 0 Å². The molecule has 1 aliphatic rings. The number of rotatable bonds is 5. The highest BCUT2D eigenvalue weighted by Gasteiger charge is 2.21. The van der Waals surface area contributed by atoms with Gasteiger partial charge in [0.05, 0.1) is 5.25 Å². The second-order valence-electron chi connectivity index (χ2n) is 6.62. The number of nitrogens with zero attached hydrogens (tertiary/aromatic N) is 4. The highest BCUT2D eigenvalue weighted by atomic mass is 32.2. The maximum absolute atomic E-state index is 13.8. The second-order valence-corrected chi connectivity index (χ2v) is 7.91. The molecule has 0 N–H and O–H groups in total. The van der Waals surface area contributed by atoms with Gasteiger partial charge in [0.1, 0.15) is 5.82 Å². The van der Waals surface area contributed by atoms with Gasteiger partial charge in [-0.2, -0.15) is 4.98 Å². The van der Waals surface area contributed by atoms with Crippen LogP contribution in [-0.2, 0) is 0 Å². The largest absolute Gasteiger partial charge is 0.454 e. The van der Waals surface area contributed by atoms with E-state index in [2.05, 4.69) is 20.3 Å². The van der Waals surface area contributed by atoms with E-state index in [1.165, 1.54) is 17.8 Å². The fourth-order valence-electron chi connectivity index (χ4n) is 2.85. The standard InChI is InChI=1S/C20H15FN4O4S/c1-10-3-4-12(7-14(10)21)17-22-18(29-25-17)11(2)30-20-24-23-19(28-20)13-5-6-15-16(8-13)27-9-26-15/h3-8,11H,9H2,1-2H3. The van der Waals surface area contributed by atoms with Gasteiger partial charge in [-0.05, 0) is 43.7 Å². The molecule has 0 bridgehead atoms. The Balaban J connectivity index is 1.31. The maximum atomic E-state index is 13.8. The van der Waals surface area contributed by atoms with Gasteiger partial charge in [-0.3, -0.25) is 0 Å². The van der Waals surface area contributed by atoms with E-state index in [1.807, 2.05) is 13.0 Å². The molecule has 4 aromatic rings. The zero-order valence-corrected chi connectivity index (χ0v) is 16.8. The summed E-state index contributed by atoms with van der Waals surface area (Å²) < 4.78 is 35.6. The summed E-state index contributed by atoms with van der Waals surface area (Å²) >= 11 is 1.29. The van der Waals surface area contributed by atoms with Crippen molar-refractivity contribution < 1.29 is 22.8 Å². The van der Waals surface area contributed by atoms with Gasteiger partial charge < -0.3 is 18.4 Å². The van der Waals surface area contributed by atoms with E-state index in [4.69, 9.17) is 18.4 Å². The molecule has 2 aromatic carbocycles. The summed E-state index contributed by atoms with van der Waals surface area (Å²) in [5.74, 6) is 2.07. The number of hydrogen-bond donors (Lipinski definition) is 0. The molecule has 3 heterocycles. The molecule has 0 radical (unpaired) electrons. The normalized spacial score (nSPS) is 13.6. The molecular formula is C20H15FN4O4S. The van der Waals surface area contributed by atoms with Crippen LogP contribution in [0.1, 0.15) is 23.6 Å². The van der Waals surface area contributed by atoms with Gasteiger partial charge in [-0.1, -0.05) is 29.1 Å². The topological polar surface area (TPSA) is 96.3 Å². The number of fused-ring (bicyclic) bond motifs is 1. The Morgan fingerprint density at radius 3 is 2.73 bits per heavy atom. The van der Waals surface area contributed by atoms with E-state index < -0.39 is 0 Å². The molecule has 0 spiro atoms. The number of ether oxygens (including phenoxy) is 2. The molecule has 0 saturated carbocycles. The lowest BCUT2D eigenvalue weighted by Gasteiger charge is -2.01. The van der Waals surface area contributed by atoms with Crippen LogP contribution in [-0.4, -0.2) is 27.1 Å². The number of benzene rings is 2. The summed E-state index contributed by atoms with van der Waals surface area (Å²) in [4.78, 5) is 4.37. The lowest BCUT2D eigenvalue weighted by atomic mass is 10.1. The summed E-state index contributed by atoms with van der Waals surface area (Å²) in [6.07, 6.45) is 0. The van der Waals surface area contributed by atoms with Crippen molar-refractivity contribution in [2.24, 2.45) is 0 Å². The van der Waals surface area contributed by atoms with Crippen molar-refractivity contribution in [1.29, 1.82) is 0 Å². The average molecular weight is 426 g/mol. The molecule has 30 heavy (non-hydrogen) atoms. The highest BCUT2D eigenvalue weighted by molar-refractivity contribution is 7.99. The average Bonchev–Trinajstić information content (AvgIpc) is 3.49. The first-order valence-electron chi connectivity index (χ1n) is 9.07. The number of thioether (sulfide) groups is 1. The molecular weight excluding hydrogens is 411 g/mol. The lowest BCUT2D eigenvalue weighted by molar-refractivity contribution is 0.174. The van der Waals surface area contributed by atoms with Crippen LogP contribution in [0.3, 0.4) is 0 Å². The number of aryl methyl sites for hydroxylation is 1. The Morgan fingerprint density at radius 2 is 1.87 bits per heavy atom. The number of hydrogen-bond acceptors (Lipinski definition) is 9. The van der Waals surface area contributed by atoms with Crippen molar-refractivity contribution in [2.75, 3.05) is 6.79 Å². The SMILES string of the molecule is Cc1ccc(-c2noc(C(C)Sc3nnc(-c4ccc5c(c4)OCO5)o3)n2)cc1F. The van der Waals surface area contributed by atoms with Gasteiger partial charge in [0.15, 0.2) is 11.5 Å². The molecule has 0 amide bonds. The maximum Gasteiger partial charge on any atom is 0.277 e. The van der Waals surface area contributed by atoms with E-state index in [0.717, 1.165) is 5.56 Å². The first-order chi connectivity index (χ1) is 14.6. The van der Waals surface area contributed by atoms with E-state index in [1.54, 1.807) is 31.2 Å². The van der Waals surface area contributed by atoms with Crippen LogP contribution in [0.15, 0.2) is 50.6 Å². The molecule has 0 saturated heterocycles. The lowest BCUT2D eigenvalue weighted by Crippen LogP contribution is -1.92. The Bertz CT molecular complexity index is 1230. The van der Waals surface area contributed by atoms with E-state index in [0.29, 0.717) is 45.5 Å². The summed E-state index contributed by atoms with van der Waals surface area (Å²) in [5.41, 5.74) is 1.84. The van der Waals surface area contributed by atoms with Gasteiger partial charge >= 0.3 is 0 Å². The third kappa shape index (κ3) is 3.50. The molecule has 2 aromatic heterocycles. The molecule has 1 aliphatic heterocycles. The van der Waals surface area contributed by atoms with Crippen LogP contribution in [0.2, 0.25) is 0 Å². The first-order valence-corrected chi connectivity index (χ1v) is 9.95. The van der Waals surface area contributed by atoms with Gasteiger partial charge in [0.2, 0.25) is 24.4 Å². The minimum absolute atomic E-state index is 0.197.